The van der Waals surface area contributed by atoms with Gasteiger partial charge in [-0.2, -0.15) is 0 Å². The van der Waals surface area contributed by atoms with Crippen LogP contribution in [0.15, 0.2) is 24.4 Å². The number of aromatic nitrogens is 1. The molecule has 0 bridgehead atoms. The first-order valence-electron chi connectivity index (χ1n) is 7.34. The number of nitrogens with one attached hydrogen (secondary N) is 1. The number of hydrogen-bond acceptors (Lipinski definition) is 2. The molecule has 3 N–H and O–H groups in total. The molecule has 20 heavy (non-hydrogen) atoms. The Morgan fingerprint density at radius 1 is 1.35 bits per heavy atom. The number of H-pyrrole nitrogens is 1. The molecule has 2 aromatic rings. The highest BCUT2D eigenvalue weighted by molar-refractivity contribution is 6.07. The molecular formula is C16H21N3O. The van der Waals surface area contributed by atoms with E-state index >= 15 is 0 Å². The number of rotatable bonds is 1. The highest BCUT2D eigenvalue weighted by atomic mass is 16.2. The molecule has 0 aliphatic carbocycles. The number of nitrogen functional groups attached to an aromatic ring is 1. The maximum atomic E-state index is 12.8. The summed E-state index contributed by atoms with van der Waals surface area (Å²) in [4.78, 5) is 18.0. The van der Waals surface area contributed by atoms with Crippen LogP contribution in [0.5, 0.6) is 0 Å². The van der Waals surface area contributed by atoms with Crippen molar-refractivity contribution in [3.05, 3.63) is 30.0 Å². The smallest absolute Gasteiger partial charge is 0.256 e. The van der Waals surface area contributed by atoms with Crippen molar-refractivity contribution >= 4 is 22.5 Å². The number of aromatic amines is 1. The lowest BCUT2D eigenvalue weighted by Crippen LogP contribution is -2.38. The van der Waals surface area contributed by atoms with Gasteiger partial charge in [0.05, 0.1) is 5.56 Å². The zero-order valence-electron chi connectivity index (χ0n) is 11.9. The third-order valence-corrected chi connectivity index (χ3v) is 4.25. The van der Waals surface area contributed by atoms with E-state index in [2.05, 4.69) is 11.9 Å². The molecule has 1 fully saturated rings. The first-order chi connectivity index (χ1) is 9.66. The lowest BCUT2D eigenvalue weighted by Gasteiger charge is -2.27. The summed E-state index contributed by atoms with van der Waals surface area (Å²) in [5.41, 5.74) is 8.17. The Hall–Kier alpha value is -1.97. The molecule has 1 aromatic heterocycles. The van der Waals surface area contributed by atoms with Gasteiger partial charge >= 0.3 is 0 Å². The van der Waals surface area contributed by atoms with Crippen LogP contribution in [0.2, 0.25) is 0 Å². The van der Waals surface area contributed by atoms with E-state index in [0.29, 0.717) is 11.7 Å². The van der Waals surface area contributed by atoms with Crippen LogP contribution in [0.4, 0.5) is 5.69 Å². The molecule has 0 saturated carbocycles. The topological polar surface area (TPSA) is 62.1 Å². The highest BCUT2D eigenvalue weighted by Crippen LogP contribution is 2.25. The fraction of sp³-hybridized carbons (Fsp3) is 0.438. The van der Waals surface area contributed by atoms with Gasteiger partial charge in [0.25, 0.3) is 5.91 Å². The van der Waals surface area contributed by atoms with Crippen molar-refractivity contribution in [1.29, 1.82) is 0 Å². The van der Waals surface area contributed by atoms with Gasteiger partial charge < -0.3 is 15.6 Å². The zero-order valence-corrected chi connectivity index (χ0v) is 11.9. The van der Waals surface area contributed by atoms with Crippen molar-refractivity contribution in [3.63, 3.8) is 0 Å². The van der Waals surface area contributed by atoms with E-state index in [9.17, 15) is 4.79 Å². The van der Waals surface area contributed by atoms with Gasteiger partial charge in [-0.15, -0.1) is 0 Å². The highest BCUT2D eigenvalue weighted by Gasteiger charge is 2.24. The normalized spacial score (nSPS) is 20.1. The quantitative estimate of drug-likeness (QED) is 0.783. The summed E-state index contributed by atoms with van der Waals surface area (Å²) < 4.78 is 0. The van der Waals surface area contributed by atoms with Crippen LogP contribution in [0.1, 0.15) is 43.0 Å². The van der Waals surface area contributed by atoms with Gasteiger partial charge in [-0.05, 0) is 38.0 Å². The Morgan fingerprint density at radius 3 is 3.05 bits per heavy atom. The number of amides is 1. The number of nitrogens with zero attached hydrogens (tertiary/aromatic N) is 1. The molecule has 1 saturated heterocycles. The minimum absolute atomic E-state index is 0.135. The summed E-state index contributed by atoms with van der Waals surface area (Å²) in [6.07, 6.45) is 6.45. The number of benzene rings is 1. The summed E-state index contributed by atoms with van der Waals surface area (Å²) in [5, 5.41) is 0.959. The summed E-state index contributed by atoms with van der Waals surface area (Å²) in [6.45, 7) is 3.01. The van der Waals surface area contributed by atoms with Gasteiger partial charge in [0, 0.05) is 35.4 Å². The predicted octanol–water partition coefficient (Wildman–Crippen LogP) is 3.15. The van der Waals surface area contributed by atoms with Crippen LogP contribution in [-0.2, 0) is 0 Å². The van der Waals surface area contributed by atoms with Gasteiger partial charge in [0.15, 0.2) is 0 Å². The van der Waals surface area contributed by atoms with Crippen molar-refractivity contribution < 1.29 is 4.79 Å². The van der Waals surface area contributed by atoms with E-state index in [1.165, 1.54) is 12.8 Å². The summed E-state index contributed by atoms with van der Waals surface area (Å²) in [5.74, 6) is 0.135. The van der Waals surface area contributed by atoms with Crippen molar-refractivity contribution in [3.8, 4) is 0 Å². The van der Waals surface area contributed by atoms with Crippen LogP contribution in [0.3, 0.4) is 0 Å². The predicted molar refractivity (Wildman–Crippen MR) is 81.7 cm³/mol. The van der Waals surface area contributed by atoms with E-state index in [0.717, 1.165) is 35.9 Å². The summed E-state index contributed by atoms with van der Waals surface area (Å²) in [7, 11) is 0. The van der Waals surface area contributed by atoms with E-state index in [1.807, 2.05) is 29.3 Å². The second kappa shape index (κ2) is 5.19. The second-order valence-corrected chi connectivity index (χ2v) is 5.70. The third kappa shape index (κ3) is 2.26. The number of carbonyl (C=O) groups excluding carboxylic acids is 1. The van der Waals surface area contributed by atoms with E-state index < -0.39 is 0 Å². The monoisotopic (exact) mass is 271 g/mol. The molecule has 2 heterocycles. The lowest BCUT2D eigenvalue weighted by atomic mass is 10.1. The SMILES string of the molecule is CC1CCCCCN1C(=O)c1c[nH]c2cc(N)ccc12. The standard InChI is InChI=1S/C16H21N3O/c1-11-5-3-2-4-8-19(11)16(20)14-10-18-15-9-12(17)6-7-13(14)15/h6-7,9-11,18H,2-5,8,17H2,1H3. The summed E-state index contributed by atoms with van der Waals surface area (Å²) in [6, 6.07) is 5.97. The zero-order chi connectivity index (χ0) is 14.1. The number of nitrogens with two attached hydrogens (primary N) is 1. The minimum Gasteiger partial charge on any atom is -0.399 e. The third-order valence-electron chi connectivity index (χ3n) is 4.25. The summed E-state index contributed by atoms with van der Waals surface area (Å²) >= 11 is 0. The molecule has 1 aliphatic rings. The Labute approximate surface area is 118 Å². The average molecular weight is 271 g/mol. The fourth-order valence-corrected chi connectivity index (χ4v) is 3.05. The van der Waals surface area contributed by atoms with Crippen LogP contribution in [0, 0.1) is 0 Å². The number of carbonyl (C=O) groups is 1. The van der Waals surface area contributed by atoms with E-state index in [-0.39, 0.29) is 5.91 Å². The maximum absolute atomic E-state index is 12.8. The molecule has 0 radical (unpaired) electrons. The van der Waals surface area contributed by atoms with Gasteiger partial charge in [-0.25, -0.2) is 0 Å². The van der Waals surface area contributed by atoms with Crippen LogP contribution < -0.4 is 5.73 Å². The van der Waals surface area contributed by atoms with Gasteiger partial charge in [0.1, 0.15) is 0 Å². The number of likely N-dealkylation sites (tertiary alicyclic amines) is 1. The van der Waals surface area contributed by atoms with Crippen molar-refractivity contribution in [2.75, 3.05) is 12.3 Å². The van der Waals surface area contributed by atoms with Crippen molar-refractivity contribution in [1.82, 2.24) is 9.88 Å². The second-order valence-electron chi connectivity index (χ2n) is 5.70. The molecule has 1 amide bonds. The number of fused-ring (bicyclic) bond motifs is 1. The first-order valence-corrected chi connectivity index (χ1v) is 7.34. The van der Waals surface area contributed by atoms with E-state index in [4.69, 9.17) is 5.73 Å². The minimum atomic E-state index is 0.135. The molecule has 1 atom stereocenters. The molecule has 4 nitrogen and oxygen atoms in total. The Bertz CT molecular complexity index is 632. The van der Waals surface area contributed by atoms with Crippen LogP contribution in [-0.4, -0.2) is 28.4 Å². The number of hydrogen-bond donors (Lipinski definition) is 2. The Kier molecular flexibility index (Phi) is 3.38. The first kappa shape index (κ1) is 13.0. The van der Waals surface area contributed by atoms with Gasteiger partial charge in [0.2, 0.25) is 0 Å². The maximum Gasteiger partial charge on any atom is 0.256 e. The lowest BCUT2D eigenvalue weighted by molar-refractivity contribution is 0.0700. The fourth-order valence-electron chi connectivity index (χ4n) is 3.05. The molecule has 3 rings (SSSR count). The van der Waals surface area contributed by atoms with Crippen LogP contribution >= 0.6 is 0 Å². The molecule has 106 valence electrons. The van der Waals surface area contributed by atoms with Gasteiger partial charge in [-0.3, -0.25) is 4.79 Å². The van der Waals surface area contributed by atoms with Crippen LogP contribution in [0.25, 0.3) is 10.9 Å². The molecule has 1 unspecified atom stereocenters. The Morgan fingerprint density at radius 2 is 2.20 bits per heavy atom. The molecule has 0 spiro atoms. The number of anilines is 1. The largest absolute Gasteiger partial charge is 0.399 e. The average Bonchev–Trinajstić information content (AvgIpc) is 2.72. The molecular weight excluding hydrogens is 250 g/mol. The molecule has 4 heteroatoms. The van der Waals surface area contributed by atoms with Crippen molar-refractivity contribution in [2.45, 2.75) is 38.6 Å². The molecule has 1 aromatic carbocycles. The van der Waals surface area contributed by atoms with Gasteiger partial charge in [-0.1, -0.05) is 12.8 Å². The van der Waals surface area contributed by atoms with E-state index in [1.54, 1.807) is 0 Å². The Balaban J connectivity index is 1.95. The van der Waals surface area contributed by atoms with Crippen molar-refractivity contribution in [2.24, 2.45) is 0 Å². The molecule has 1 aliphatic heterocycles.